The van der Waals surface area contributed by atoms with Crippen molar-refractivity contribution in [3.05, 3.63) is 36.0 Å². The Balaban J connectivity index is 2.18. The zero-order valence-corrected chi connectivity index (χ0v) is 26.0. The van der Waals surface area contributed by atoms with E-state index in [0.29, 0.717) is 36.9 Å². The zero-order valence-electron chi connectivity index (χ0n) is 26.0. The molecule has 0 aromatic heterocycles. The van der Waals surface area contributed by atoms with Crippen molar-refractivity contribution in [3.63, 3.8) is 0 Å². The van der Waals surface area contributed by atoms with Gasteiger partial charge in [-0.3, -0.25) is 9.59 Å². The lowest BCUT2D eigenvalue weighted by atomic mass is 9.83. The number of cyclic esters (lactones) is 1. The quantitative estimate of drug-likeness (QED) is 0.146. The maximum atomic E-state index is 12.8. The van der Waals surface area contributed by atoms with Gasteiger partial charge in [-0.05, 0) is 67.9 Å². The van der Waals surface area contributed by atoms with E-state index in [1.54, 1.807) is 13.0 Å². The summed E-state index contributed by atoms with van der Waals surface area (Å²) in [6.07, 6.45) is 12.7. The van der Waals surface area contributed by atoms with Crippen LogP contribution in [0.1, 0.15) is 101 Å². The molecule has 9 atom stereocenters. The SMILES string of the molecule is CC[C@H](C)[C@@H](C)[C@H]1O[C@@H]1CC(C)(C)/C=C/C=C(\C)[C@H]1OC(=O)C[C@H](C)CC[C@@](C)(O)[C@@H](OC(C)=O)/C=C/[C@@H]1C. The normalized spacial score (nSPS) is 35.4. The number of rotatable bonds is 9. The number of epoxide rings is 1. The van der Waals surface area contributed by atoms with Crippen molar-refractivity contribution in [1.82, 2.24) is 0 Å². The Bertz CT molecular complexity index is 913. The van der Waals surface area contributed by atoms with E-state index in [0.717, 1.165) is 12.0 Å². The third kappa shape index (κ3) is 10.5. The fourth-order valence-electron chi connectivity index (χ4n) is 5.42. The molecule has 1 N–H and O–H groups in total. The van der Waals surface area contributed by atoms with Crippen LogP contribution in [0.4, 0.5) is 0 Å². The molecule has 2 aliphatic rings. The highest BCUT2D eigenvalue weighted by Crippen LogP contribution is 2.41. The summed E-state index contributed by atoms with van der Waals surface area (Å²) in [5.41, 5.74) is -0.331. The number of esters is 2. The van der Waals surface area contributed by atoms with Gasteiger partial charge >= 0.3 is 11.9 Å². The molecule has 1 fully saturated rings. The van der Waals surface area contributed by atoms with E-state index in [1.165, 1.54) is 13.3 Å². The Labute approximate surface area is 237 Å². The highest BCUT2D eigenvalue weighted by Gasteiger charge is 2.46. The number of ether oxygens (including phenoxy) is 3. The van der Waals surface area contributed by atoms with E-state index in [1.807, 2.05) is 32.9 Å². The molecule has 0 aromatic carbocycles. The minimum absolute atomic E-state index is 0.0294. The molecule has 0 radical (unpaired) electrons. The van der Waals surface area contributed by atoms with Crippen LogP contribution < -0.4 is 0 Å². The molecule has 39 heavy (non-hydrogen) atoms. The lowest BCUT2D eigenvalue weighted by Gasteiger charge is -2.32. The van der Waals surface area contributed by atoms with Gasteiger partial charge in [0.2, 0.25) is 0 Å². The summed E-state index contributed by atoms with van der Waals surface area (Å²) in [4.78, 5) is 24.6. The minimum atomic E-state index is -1.23. The van der Waals surface area contributed by atoms with E-state index in [2.05, 4.69) is 46.8 Å². The maximum Gasteiger partial charge on any atom is 0.306 e. The Kier molecular flexibility index (Phi) is 12.0. The fraction of sp³-hybridized carbons (Fsp3) is 0.758. The smallest absolute Gasteiger partial charge is 0.306 e. The first kappa shape index (κ1) is 33.3. The van der Waals surface area contributed by atoms with Crippen LogP contribution in [0.15, 0.2) is 36.0 Å². The van der Waals surface area contributed by atoms with Crippen LogP contribution in [-0.2, 0) is 23.8 Å². The highest BCUT2D eigenvalue weighted by atomic mass is 16.6. The van der Waals surface area contributed by atoms with Crippen LogP contribution >= 0.6 is 0 Å². The number of hydrogen-bond donors (Lipinski definition) is 1. The zero-order chi connectivity index (χ0) is 29.5. The molecule has 0 bridgehead atoms. The lowest BCUT2D eigenvalue weighted by Crippen LogP contribution is -2.41. The van der Waals surface area contributed by atoms with Gasteiger partial charge in [0.1, 0.15) is 17.8 Å². The number of carbonyl (C=O) groups excluding carboxylic acids is 2. The van der Waals surface area contributed by atoms with Crippen molar-refractivity contribution in [3.8, 4) is 0 Å². The average molecular weight is 547 g/mol. The second kappa shape index (κ2) is 14.1. The van der Waals surface area contributed by atoms with Crippen molar-refractivity contribution >= 4 is 11.9 Å². The monoisotopic (exact) mass is 546 g/mol. The Hall–Kier alpha value is -1.92. The van der Waals surface area contributed by atoms with Crippen molar-refractivity contribution in [1.29, 1.82) is 0 Å². The molecule has 2 aliphatic heterocycles. The standard InChI is InChI=1S/C33H54O6/c1-11-22(3)25(6)31-27(38-31)20-32(8,9)17-12-13-23(4)30-24(5)14-15-28(37-26(7)34)33(10,36)18-16-21(2)19-29(35)39-30/h12-15,17,21-22,24-25,27-28,30-31,36H,11,16,18-20H2,1-10H3/b15-14+,17-12+,23-13+/t21-,22+,24+,25-,27-,28+,30-,31-,33-/m1/s1. The second-order valence-electron chi connectivity index (χ2n) is 13.2. The van der Waals surface area contributed by atoms with Gasteiger partial charge in [-0.1, -0.05) is 79.2 Å². The molecule has 0 amide bonds. The van der Waals surface area contributed by atoms with Crippen molar-refractivity contribution in [2.24, 2.45) is 29.1 Å². The minimum Gasteiger partial charge on any atom is -0.457 e. The van der Waals surface area contributed by atoms with Gasteiger partial charge in [0.25, 0.3) is 0 Å². The molecule has 6 heteroatoms. The van der Waals surface area contributed by atoms with Gasteiger partial charge in [-0.2, -0.15) is 0 Å². The molecule has 222 valence electrons. The topological polar surface area (TPSA) is 85.4 Å². The van der Waals surface area contributed by atoms with E-state index >= 15 is 0 Å². The first-order chi connectivity index (χ1) is 18.1. The molecule has 2 rings (SSSR count). The molecular formula is C33H54O6. The van der Waals surface area contributed by atoms with Crippen LogP contribution in [0, 0.1) is 29.1 Å². The van der Waals surface area contributed by atoms with E-state index in [9.17, 15) is 14.7 Å². The first-order valence-corrected chi connectivity index (χ1v) is 14.8. The van der Waals surface area contributed by atoms with E-state index in [-0.39, 0.29) is 29.6 Å². The van der Waals surface area contributed by atoms with E-state index < -0.39 is 23.8 Å². The summed E-state index contributed by atoms with van der Waals surface area (Å²) in [6, 6.07) is 0. The number of hydrogen-bond acceptors (Lipinski definition) is 6. The van der Waals surface area contributed by atoms with Crippen LogP contribution in [0.5, 0.6) is 0 Å². The Morgan fingerprint density at radius 2 is 1.92 bits per heavy atom. The average Bonchev–Trinajstić information content (AvgIpc) is 3.59. The first-order valence-electron chi connectivity index (χ1n) is 14.8. The molecule has 6 nitrogen and oxygen atoms in total. The summed E-state index contributed by atoms with van der Waals surface area (Å²) in [5, 5.41) is 11.1. The third-order valence-electron chi connectivity index (χ3n) is 8.65. The summed E-state index contributed by atoms with van der Waals surface area (Å²) in [5.74, 6) is 0.391. The van der Waals surface area contributed by atoms with Crippen LogP contribution in [-0.4, -0.2) is 47.1 Å². The van der Waals surface area contributed by atoms with Gasteiger partial charge < -0.3 is 19.3 Å². The van der Waals surface area contributed by atoms with E-state index in [4.69, 9.17) is 14.2 Å². The predicted octanol–water partition coefficient (Wildman–Crippen LogP) is 6.96. The summed E-state index contributed by atoms with van der Waals surface area (Å²) in [6.45, 7) is 20.2. The molecular weight excluding hydrogens is 492 g/mol. The summed E-state index contributed by atoms with van der Waals surface area (Å²) < 4.78 is 17.5. The molecule has 2 heterocycles. The maximum absolute atomic E-state index is 12.8. The fourth-order valence-corrected chi connectivity index (χ4v) is 5.42. The van der Waals surface area contributed by atoms with Gasteiger partial charge in [0.05, 0.1) is 12.2 Å². The van der Waals surface area contributed by atoms with Crippen LogP contribution in [0.25, 0.3) is 0 Å². The molecule has 0 saturated carbocycles. The molecule has 0 spiro atoms. The van der Waals surface area contributed by atoms with Crippen LogP contribution in [0.2, 0.25) is 0 Å². The van der Waals surface area contributed by atoms with Gasteiger partial charge in [-0.15, -0.1) is 0 Å². The van der Waals surface area contributed by atoms with Crippen molar-refractivity contribution in [2.75, 3.05) is 0 Å². The number of allylic oxidation sites excluding steroid dienone is 3. The third-order valence-corrected chi connectivity index (χ3v) is 8.65. The molecule has 0 aromatic rings. The summed E-state index contributed by atoms with van der Waals surface area (Å²) >= 11 is 0. The summed E-state index contributed by atoms with van der Waals surface area (Å²) in [7, 11) is 0. The van der Waals surface area contributed by atoms with Crippen LogP contribution in [0.3, 0.4) is 0 Å². The van der Waals surface area contributed by atoms with Gasteiger partial charge in [0.15, 0.2) is 0 Å². The second-order valence-corrected chi connectivity index (χ2v) is 13.2. The Morgan fingerprint density at radius 1 is 1.26 bits per heavy atom. The van der Waals surface area contributed by atoms with Crippen molar-refractivity contribution < 1.29 is 28.9 Å². The molecule has 0 aliphatic carbocycles. The lowest BCUT2D eigenvalue weighted by molar-refractivity contribution is -0.156. The van der Waals surface area contributed by atoms with Gasteiger partial charge in [-0.25, -0.2) is 0 Å². The predicted molar refractivity (Wildman–Crippen MR) is 156 cm³/mol. The molecule has 0 unspecified atom stereocenters. The largest absolute Gasteiger partial charge is 0.457 e. The van der Waals surface area contributed by atoms with Crippen molar-refractivity contribution in [2.45, 2.75) is 131 Å². The Morgan fingerprint density at radius 3 is 2.54 bits per heavy atom. The highest BCUT2D eigenvalue weighted by molar-refractivity contribution is 5.70. The molecule has 1 saturated heterocycles. The van der Waals surface area contributed by atoms with Gasteiger partial charge in [0, 0.05) is 19.3 Å². The number of aliphatic hydroxyl groups is 1. The number of carbonyl (C=O) groups is 2.